The summed E-state index contributed by atoms with van der Waals surface area (Å²) in [7, 11) is -2.23. The zero-order valence-corrected chi connectivity index (χ0v) is 5.91. The lowest BCUT2D eigenvalue weighted by molar-refractivity contribution is 0.394. The molecule has 0 rings (SSSR count). The number of rotatable bonds is 2. The lowest BCUT2D eigenvalue weighted by Gasteiger charge is -2.01. The third kappa shape index (κ3) is 6.14. The molecule has 0 aliphatic carbocycles. The standard InChI is InChI=1S/C4H12O2Si/c1-4(2)3-7(5)6/h4-7H,3H2,1-2H3. The molecule has 0 fully saturated rings. The normalized spacial score (nSPS) is 11.1. The van der Waals surface area contributed by atoms with Crippen molar-refractivity contribution in [2.45, 2.75) is 19.9 Å². The van der Waals surface area contributed by atoms with E-state index < -0.39 is 9.28 Å². The highest BCUT2D eigenvalue weighted by Gasteiger charge is 2.03. The number of hydrogen-bond acceptors (Lipinski definition) is 2. The molecule has 0 aromatic carbocycles. The van der Waals surface area contributed by atoms with Crippen LogP contribution in [0.5, 0.6) is 0 Å². The SMILES string of the molecule is CC(C)C[SiH](O)O. The summed E-state index contributed by atoms with van der Waals surface area (Å²) in [6.07, 6.45) is 0. The average molecular weight is 120 g/mol. The zero-order valence-electron chi connectivity index (χ0n) is 4.76. The van der Waals surface area contributed by atoms with E-state index in [1.54, 1.807) is 0 Å². The second-order valence-electron chi connectivity index (χ2n) is 2.11. The Morgan fingerprint density at radius 1 is 1.43 bits per heavy atom. The van der Waals surface area contributed by atoms with E-state index in [0.29, 0.717) is 12.0 Å². The van der Waals surface area contributed by atoms with Crippen molar-refractivity contribution in [3.63, 3.8) is 0 Å². The van der Waals surface area contributed by atoms with Gasteiger partial charge in [-0.3, -0.25) is 0 Å². The summed E-state index contributed by atoms with van der Waals surface area (Å²) in [5, 5.41) is 0. The van der Waals surface area contributed by atoms with Crippen molar-refractivity contribution in [3.05, 3.63) is 0 Å². The van der Waals surface area contributed by atoms with E-state index in [9.17, 15) is 0 Å². The van der Waals surface area contributed by atoms with Crippen molar-refractivity contribution in [3.8, 4) is 0 Å². The van der Waals surface area contributed by atoms with Gasteiger partial charge in [0, 0.05) is 0 Å². The minimum Gasteiger partial charge on any atom is -0.413 e. The molecule has 0 amide bonds. The zero-order chi connectivity index (χ0) is 5.86. The van der Waals surface area contributed by atoms with Crippen LogP contribution in [0.2, 0.25) is 6.04 Å². The predicted octanol–water partition coefficient (Wildman–Crippen LogP) is -0.153. The second-order valence-corrected chi connectivity index (χ2v) is 3.54. The third-order valence-electron chi connectivity index (χ3n) is 0.682. The second kappa shape index (κ2) is 3.18. The topological polar surface area (TPSA) is 40.5 Å². The lowest BCUT2D eigenvalue weighted by atomic mass is 10.3. The Hall–Kier alpha value is 0.137. The summed E-state index contributed by atoms with van der Waals surface area (Å²) < 4.78 is 0. The Labute approximate surface area is 45.6 Å². The first-order valence-corrected chi connectivity index (χ1v) is 4.34. The Bertz CT molecular complexity index is 39.0. The lowest BCUT2D eigenvalue weighted by Crippen LogP contribution is -2.12. The average Bonchev–Trinajstić information content (AvgIpc) is 1.27. The van der Waals surface area contributed by atoms with Crippen molar-refractivity contribution in [2.24, 2.45) is 5.92 Å². The molecule has 44 valence electrons. The van der Waals surface area contributed by atoms with Crippen molar-refractivity contribution >= 4 is 9.28 Å². The molecule has 0 radical (unpaired) electrons. The van der Waals surface area contributed by atoms with Gasteiger partial charge in [-0.15, -0.1) is 0 Å². The smallest absolute Gasteiger partial charge is 0.316 e. The van der Waals surface area contributed by atoms with Gasteiger partial charge in [-0.2, -0.15) is 0 Å². The van der Waals surface area contributed by atoms with Gasteiger partial charge in [0.25, 0.3) is 0 Å². The van der Waals surface area contributed by atoms with Gasteiger partial charge in [-0.05, 0) is 12.0 Å². The fourth-order valence-corrected chi connectivity index (χ4v) is 1.26. The van der Waals surface area contributed by atoms with E-state index in [0.717, 1.165) is 0 Å². The molecule has 0 bridgehead atoms. The summed E-state index contributed by atoms with van der Waals surface area (Å²) >= 11 is 0. The van der Waals surface area contributed by atoms with E-state index in [1.807, 2.05) is 13.8 Å². The molecule has 0 unspecified atom stereocenters. The molecule has 0 heterocycles. The highest BCUT2D eigenvalue weighted by Crippen LogP contribution is 1.99. The molecule has 0 aliphatic rings. The Morgan fingerprint density at radius 2 is 1.86 bits per heavy atom. The van der Waals surface area contributed by atoms with Crippen LogP contribution in [0, 0.1) is 5.92 Å². The Balaban J connectivity index is 2.95. The fourth-order valence-electron chi connectivity index (χ4n) is 0.422. The van der Waals surface area contributed by atoms with Gasteiger partial charge >= 0.3 is 9.28 Å². The summed E-state index contributed by atoms with van der Waals surface area (Å²) in [5.41, 5.74) is 0. The molecule has 0 aliphatic heterocycles. The maximum atomic E-state index is 8.42. The van der Waals surface area contributed by atoms with E-state index >= 15 is 0 Å². The van der Waals surface area contributed by atoms with Gasteiger partial charge in [-0.25, -0.2) is 0 Å². The van der Waals surface area contributed by atoms with Crippen LogP contribution in [0.4, 0.5) is 0 Å². The van der Waals surface area contributed by atoms with Gasteiger partial charge in [-0.1, -0.05) is 13.8 Å². The summed E-state index contributed by atoms with van der Waals surface area (Å²) in [5.74, 6) is 0.437. The summed E-state index contributed by atoms with van der Waals surface area (Å²) in [6, 6.07) is 0.611. The van der Waals surface area contributed by atoms with Crippen LogP contribution in [0.25, 0.3) is 0 Å². The van der Waals surface area contributed by atoms with Crippen LogP contribution < -0.4 is 0 Å². The van der Waals surface area contributed by atoms with Crippen LogP contribution in [0.1, 0.15) is 13.8 Å². The van der Waals surface area contributed by atoms with Crippen molar-refractivity contribution < 1.29 is 9.59 Å². The highest BCUT2D eigenvalue weighted by atomic mass is 28.3. The molecule has 2 N–H and O–H groups in total. The van der Waals surface area contributed by atoms with E-state index in [1.165, 1.54) is 0 Å². The maximum Gasteiger partial charge on any atom is 0.316 e. The van der Waals surface area contributed by atoms with E-state index in [4.69, 9.17) is 9.59 Å². The fraction of sp³-hybridized carbons (Fsp3) is 1.00. The molecule has 0 saturated carbocycles. The van der Waals surface area contributed by atoms with Crippen molar-refractivity contribution in [1.82, 2.24) is 0 Å². The molecule has 2 nitrogen and oxygen atoms in total. The molecular weight excluding hydrogens is 108 g/mol. The highest BCUT2D eigenvalue weighted by molar-refractivity contribution is 6.41. The Morgan fingerprint density at radius 3 is 1.86 bits per heavy atom. The predicted molar refractivity (Wildman–Crippen MR) is 31.2 cm³/mol. The monoisotopic (exact) mass is 120 g/mol. The minimum atomic E-state index is -2.23. The molecule has 0 atom stereocenters. The molecular formula is C4H12O2Si. The van der Waals surface area contributed by atoms with Crippen LogP contribution >= 0.6 is 0 Å². The molecule has 0 aromatic rings. The van der Waals surface area contributed by atoms with Gasteiger partial charge < -0.3 is 9.59 Å². The van der Waals surface area contributed by atoms with Crippen LogP contribution in [0.3, 0.4) is 0 Å². The largest absolute Gasteiger partial charge is 0.413 e. The first kappa shape index (κ1) is 7.14. The molecule has 0 aromatic heterocycles. The first-order valence-electron chi connectivity index (χ1n) is 2.49. The maximum absolute atomic E-state index is 8.42. The van der Waals surface area contributed by atoms with E-state index in [2.05, 4.69) is 0 Å². The number of hydrogen-bond donors (Lipinski definition) is 2. The summed E-state index contributed by atoms with van der Waals surface area (Å²) in [6.45, 7) is 3.96. The molecule has 0 saturated heterocycles. The minimum absolute atomic E-state index is 0.437. The van der Waals surface area contributed by atoms with Gasteiger partial charge in [0.05, 0.1) is 0 Å². The van der Waals surface area contributed by atoms with Crippen LogP contribution in [0.15, 0.2) is 0 Å². The summed E-state index contributed by atoms with van der Waals surface area (Å²) in [4.78, 5) is 16.8. The van der Waals surface area contributed by atoms with E-state index in [-0.39, 0.29) is 0 Å². The van der Waals surface area contributed by atoms with Crippen molar-refractivity contribution in [1.29, 1.82) is 0 Å². The first-order chi connectivity index (χ1) is 3.13. The van der Waals surface area contributed by atoms with Crippen molar-refractivity contribution in [2.75, 3.05) is 0 Å². The quantitative estimate of drug-likeness (QED) is 0.497. The van der Waals surface area contributed by atoms with Gasteiger partial charge in [0.1, 0.15) is 0 Å². The third-order valence-corrected chi connectivity index (χ3v) is 2.05. The molecule has 7 heavy (non-hydrogen) atoms. The molecule has 3 heteroatoms. The van der Waals surface area contributed by atoms with Gasteiger partial charge in [0.2, 0.25) is 0 Å². The van der Waals surface area contributed by atoms with Crippen LogP contribution in [-0.2, 0) is 0 Å². The Kier molecular flexibility index (Phi) is 3.24. The van der Waals surface area contributed by atoms with Crippen LogP contribution in [-0.4, -0.2) is 18.9 Å². The van der Waals surface area contributed by atoms with Gasteiger partial charge in [0.15, 0.2) is 0 Å². The molecule has 0 spiro atoms.